The number of rotatable bonds is 8. The highest BCUT2D eigenvalue weighted by atomic mass is 16.2. The second-order valence-electron chi connectivity index (χ2n) is 8.94. The van der Waals surface area contributed by atoms with Gasteiger partial charge in [0.05, 0.1) is 0 Å². The molecule has 1 unspecified atom stereocenters. The van der Waals surface area contributed by atoms with E-state index in [9.17, 15) is 4.79 Å². The molecule has 3 rings (SSSR count). The van der Waals surface area contributed by atoms with E-state index in [1.165, 1.54) is 5.56 Å². The molecule has 3 nitrogen and oxygen atoms in total. The third kappa shape index (κ3) is 5.13. The Bertz CT molecular complexity index is 762. The summed E-state index contributed by atoms with van der Waals surface area (Å²) >= 11 is 0. The molecule has 1 atom stereocenters. The Morgan fingerprint density at radius 1 is 0.867 bits per heavy atom. The van der Waals surface area contributed by atoms with E-state index in [2.05, 4.69) is 80.2 Å². The Morgan fingerprint density at radius 3 is 1.90 bits per heavy atom. The summed E-state index contributed by atoms with van der Waals surface area (Å²) in [5.74, 6) is 1.04. The van der Waals surface area contributed by atoms with E-state index >= 15 is 0 Å². The van der Waals surface area contributed by atoms with Crippen LogP contribution < -0.4 is 4.90 Å². The van der Waals surface area contributed by atoms with Gasteiger partial charge in [-0.05, 0) is 76.2 Å². The molecule has 1 aliphatic carbocycles. The molecule has 1 amide bonds. The van der Waals surface area contributed by atoms with Gasteiger partial charge in [0.1, 0.15) is 0 Å². The number of nitrogens with zero attached hydrogens (tertiary/aromatic N) is 2. The second kappa shape index (κ2) is 10.8. The van der Waals surface area contributed by atoms with E-state index in [0.29, 0.717) is 23.9 Å². The number of anilines is 1. The van der Waals surface area contributed by atoms with Crippen molar-refractivity contribution in [1.82, 2.24) is 4.90 Å². The average molecular weight is 407 g/mol. The highest BCUT2D eigenvalue weighted by molar-refractivity contribution is 5.95. The van der Waals surface area contributed by atoms with Crippen molar-refractivity contribution < 1.29 is 4.79 Å². The molecule has 30 heavy (non-hydrogen) atoms. The third-order valence-corrected chi connectivity index (χ3v) is 6.86. The van der Waals surface area contributed by atoms with Crippen molar-refractivity contribution in [3.63, 3.8) is 0 Å². The van der Waals surface area contributed by atoms with Gasteiger partial charge in [-0.25, -0.2) is 0 Å². The van der Waals surface area contributed by atoms with Gasteiger partial charge in [-0.1, -0.05) is 62.4 Å². The SMILES string of the molecule is CCC(CC)C(=O)N(c1ccccc1)C1CCC(C(c2ccccc2)N(C)C)CC1. The second-order valence-corrected chi connectivity index (χ2v) is 8.94. The van der Waals surface area contributed by atoms with Gasteiger partial charge in [0.25, 0.3) is 0 Å². The van der Waals surface area contributed by atoms with Crippen LogP contribution in [0.25, 0.3) is 0 Å². The molecular weight excluding hydrogens is 368 g/mol. The van der Waals surface area contributed by atoms with Crippen LogP contribution in [0.3, 0.4) is 0 Å². The standard InChI is InChI=1S/C27H38N2O/c1-5-21(6-2)27(30)29(24-15-11-8-12-16-24)25-19-17-23(18-20-25)26(28(3)4)22-13-9-7-10-14-22/h7-16,21,23,25-26H,5-6,17-20H2,1-4H3. The number of hydrogen-bond donors (Lipinski definition) is 0. The van der Waals surface area contributed by atoms with E-state index in [-0.39, 0.29) is 5.92 Å². The summed E-state index contributed by atoms with van der Waals surface area (Å²) in [7, 11) is 4.38. The first kappa shape index (κ1) is 22.6. The van der Waals surface area contributed by atoms with Crippen molar-refractivity contribution in [3.05, 3.63) is 66.2 Å². The third-order valence-electron chi connectivity index (χ3n) is 6.86. The van der Waals surface area contributed by atoms with Gasteiger partial charge in [-0.3, -0.25) is 4.79 Å². The Kier molecular flexibility index (Phi) is 8.09. The molecular formula is C27H38N2O. The number of para-hydroxylation sites is 1. The number of amides is 1. The largest absolute Gasteiger partial charge is 0.309 e. The predicted molar refractivity (Wildman–Crippen MR) is 127 cm³/mol. The lowest BCUT2D eigenvalue weighted by Gasteiger charge is -2.42. The van der Waals surface area contributed by atoms with Gasteiger partial charge in [0.15, 0.2) is 0 Å². The smallest absolute Gasteiger partial charge is 0.230 e. The number of benzene rings is 2. The van der Waals surface area contributed by atoms with Gasteiger partial charge in [0.2, 0.25) is 5.91 Å². The molecule has 2 aromatic carbocycles. The van der Waals surface area contributed by atoms with E-state index in [1.807, 2.05) is 18.2 Å². The summed E-state index contributed by atoms with van der Waals surface area (Å²) in [5, 5.41) is 0. The fourth-order valence-electron chi connectivity index (χ4n) is 5.26. The summed E-state index contributed by atoms with van der Waals surface area (Å²) in [6.45, 7) is 4.27. The molecule has 3 heteroatoms. The lowest BCUT2D eigenvalue weighted by molar-refractivity contribution is -0.123. The zero-order chi connectivity index (χ0) is 21.5. The molecule has 0 heterocycles. The summed E-state index contributed by atoms with van der Waals surface area (Å²) in [5.41, 5.74) is 2.46. The lowest BCUT2D eigenvalue weighted by atomic mass is 9.78. The van der Waals surface area contributed by atoms with E-state index in [1.54, 1.807) is 0 Å². The zero-order valence-corrected chi connectivity index (χ0v) is 19.1. The molecule has 1 fully saturated rings. The highest BCUT2D eigenvalue weighted by Gasteiger charge is 2.35. The maximum atomic E-state index is 13.5. The highest BCUT2D eigenvalue weighted by Crippen LogP contribution is 2.40. The van der Waals surface area contributed by atoms with Crippen LogP contribution in [0.5, 0.6) is 0 Å². The van der Waals surface area contributed by atoms with Gasteiger partial charge in [0, 0.05) is 23.7 Å². The summed E-state index contributed by atoms with van der Waals surface area (Å²) in [6, 6.07) is 21.9. The summed E-state index contributed by atoms with van der Waals surface area (Å²) in [4.78, 5) is 18.0. The Balaban J connectivity index is 1.78. The van der Waals surface area contributed by atoms with Crippen LogP contribution >= 0.6 is 0 Å². The van der Waals surface area contributed by atoms with Crippen LogP contribution in [0.4, 0.5) is 5.69 Å². The van der Waals surface area contributed by atoms with Crippen molar-refractivity contribution in [2.45, 2.75) is 64.5 Å². The normalized spacial score (nSPS) is 20.3. The maximum Gasteiger partial charge on any atom is 0.230 e. The van der Waals surface area contributed by atoms with Crippen LogP contribution in [-0.4, -0.2) is 30.9 Å². The van der Waals surface area contributed by atoms with E-state index < -0.39 is 0 Å². The topological polar surface area (TPSA) is 23.6 Å². The van der Waals surface area contributed by atoms with Gasteiger partial charge < -0.3 is 9.80 Å². The maximum absolute atomic E-state index is 13.5. The molecule has 0 aromatic heterocycles. The molecule has 0 aliphatic heterocycles. The lowest BCUT2D eigenvalue weighted by Crippen LogP contribution is -2.46. The number of hydrogen-bond acceptors (Lipinski definition) is 2. The van der Waals surface area contributed by atoms with Gasteiger partial charge in [-0.15, -0.1) is 0 Å². The fraction of sp³-hybridized carbons (Fsp3) is 0.519. The Labute approximate surface area is 183 Å². The van der Waals surface area contributed by atoms with Crippen LogP contribution in [0.1, 0.15) is 64.0 Å². The first-order valence-electron chi connectivity index (χ1n) is 11.7. The minimum Gasteiger partial charge on any atom is -0.309 e. The monoisotopic (exact) mass is 406 g/mol. The van der Waals surface area contributed by atoms with Crippen molar-refractivity contribution in [2.75, 3.05) is 19.0 Å². The average Bonchev–Trinajstić information content (AvgIpc) is 2.77. The molecule has 0 saturated heterocycles. The summed E-state index contributed by atoms with van der Waals surface area (Å²) < 4.78 is 0. The van der Waals surface area contributed by atoms with Gasteiger partial charge >= 0.3 is 0 Å². The molecule has 2 aromatic rings. The molecule has 0 spiro atoms. The molecule has 0 bridgehead atoms. The Hall–Kier alpha value is -2.13. The van der Waals surface area contributed by atoms with Crippen molar-refractivity contribution in [1.29, 1.82) is 0 Å². The number of carbonyl (C=O) groups is 1. The van der Waals surface area contributed by atoms with E-state index in [0.717, 1.165) is 44.2 Å². The van der Waals surface area contributed by atoms with Crippen molar-refractivity contribution in [3.8, 4) is 0 Å². The van der Waals surface area contributed by atoms with Crippen molar-refractivity contribution >= 4 is 11.6 Å². The quantitative estimate of drug-likeness (QED) is 0.512. The molecule has 1 aliphatic rings. The predicted octanol–water partition coefficient (Wildman–Crippen LogP) is 6.32. The fourth-order valence-corrected chi connectivity index (χ4v) is 5.26. The molecule has 162 valence electrons. The minimum atomic E-state index is 0.113. The van der Waals surface area contributed by atoms with Crippen LogP contribution in [0, 0.1) is 11.8 Å². The van der Waals surface area contributed by atoms with Gasteiger partial charge in [-0.2, -0.15) is 0 Å². The number of carbonyl (C=O) groups excluding carboxylic acids is 1. The van der Waals surface area contributed by atoms with Crippen LogP contribution in [0.15, 0.2) is 60.7 Å². The van der Waals surface area contributed by atoms with Crippen molar-refractivity contribution in [2.24, 2.45) is 11.8 Å². The van der Waals surface area contributed by atoms with Crippen LogP contribution in [-0.2, 0) is 4.79 Å². The zero-order valence-electron chi connectivity index (χ0n) is 19.1. The first-order chi connectivity index (χ1) is 14.6. The minimum absolute atomic E-state index is 0.113. The molecule has 0 N–H and O–H groups in total. The first-order valence-corrected chi connectivity index (χ1v) is 11.7. The molecule has 1 saturated carbocycles. The summed E-state index contributed by atoms with van der Waals surface area (Å²) in [6.07, 6.45) is 6.27. The molecule has 0 radical (unpaired) electrons. The van der Waals surface area contributed by atoms with E-state index in [4.69, 9.17) is 0 Å². The van der Waals surface area contributed by atoms with Crippen LogP contribution in [0.2, 0.25) is 0 Å². The Morgan fingerprint density at radius 2 is 1.40 bits per heavy atom.